The Balaban J connectivity index is 1.10. The lowest BCUT2D eigenvalue weighted by molar-refractivity contribution is -0.122. The lowest BCUT2D eigenvalue weighted by atomic mass is 10.1. The Bertz CT molecular complexity index is 1860. The number of hydrogen-bond donors (Lipinski definition) is 2. The number of primary amides is 1. The highest BCUT2D eigenvalue weighted by molar-refractivity contribution is 5.94. The van der Waals surface area contributed by atoms with Gasteiger partial charge in [-0.1, -0.05) is 36.4 Å². The summed E-state index contributed by atoms with van der Waals surface area (Å²) in [5.41, 5.74) is 10.5. The molecule has 6 aromatic rings. The Labute approximate surface area is 236 Å². The van der Waals surface area contributed by atoms with Crippen LogP contribution in [0.15, 0.2) is 95.8 Å². The predicted octanol–water partition coefficient (Wildman–Crippen LogP) is 5.48. The highest BCUT2D eigenvalue weighted by Gasteiger charge is 2.29. The average molecular weight is 544 g/mol. The number of nitrogens with zero attached hydrogens (tertiary/aromatic N) is 5. The van der Waals surface area contributed by atoms with E-state index >= 15 is 0 Å². The van der Waals surface area contributed by atoms with E-state index in [9.17, 15) is 4.79 Å². The highest BCUT2D eigenvalue weighted by Crippen LogP contribution is 2.31. The SMILES string of the molecule is NC(=O)C1CCCN1Cc1ccc(-c2ccc3c(Nc4ccc5c(cnn5Cc5ccccc5)c4)ncnc3c2)o1. The summed E-state index contributed by atoms with van der Waals surface area (Å²) in [6, 6.07) is 26.2. The second-order valence-electron chi connectivity index (χ2n) is 10.4. The van der Waals surface area contributed by atoms with Gasteiger partial charge in [0, 0.05) is 22.0 Å². The van der Waals surface area contributed by atoms with Crippen molar-refractivity contribution in [1.82, 2.24) is 24.6 Å². The summed E-state index contributed by atoms with van der Waals surface area (Å²) in [5, 5.41) is 10.0. The zero-order valence-corrected chi connectivity index (χ0v) is 22.4. The maximum Gasteiger partial charge on any atom is 0.234 e. The average Bonchev–Trinajstić information content (AvgIpc) is 3.74. The fourth-order valence-electron chi connectivity index (χ4n) is 5.65. The first-order valence-electron chi connectivity index (χ1n) is 13.7. The van der Waals surface area contributed by atoms with Crippen LogP contribution in [0, 0.1) is 0 Å². The molecule has 1 atom stereocenters. The molecule has 7 rings (SSSR count). The van der Waals surface area contributed by atoms with Gasteiger partial charge in [0.05, 0.1) is 36.4 Å². The van der Waals surface area contributed by atoms with Gasteiger partial charge in [-0.2, -0.15) is 5.10 Å². The van der Waals surface area contributed by atoms with Gasteiger partial charge in [-0.3, -0.25) is 14.4 Å². The van der Waals surface area contributed by atoms with Gasteiger partial charge < -0.3 is 15.5 Å². The van der Waals surface area contributed by atoms with Crippen LogP contribution >= 0.6 is 0 Å². The lowest BCUT2D eigenvalue weighted by Crippen LogP contribution is -2.39. The van der Waals surface area contributed by atoms with Crippen molar-refractivity contribution in [3.05, 3.63) is 103 Å². The maximum absolute atomic E-state index is 11.7. The molecule has 9 heteroatoms. The third-order valence-corrected chi connectivity index (χ3v) is 7.71. The van der Waals surface area contributed by atoms with Crippen LogP contribution in [-0.2, 0) is 17.9 Å². The number of carbonyl (C=O) groups is 1. The summed E-state index contributed by atoms with van der Waals surface area (Å²) in [7, 11) is 0. The minimum atomic E-state index is -0.272. The largest absolute Gasteiger partial charge is 0.460 e. The van der Waals surface area contributed by atoms with Crippen molar-refractivity contribution < 1.29 is 9.21 Å². The molecule has 3 aromatic heterocycles. The van der Waals surface area contributed by atoms with Crippen molar-refractivity contribution >= 4 is 39.2 Å². The smallest absolute Gasteiger partial charge is 0.234 e. The van der Waals surface area contributed by atoms with Gasteiger partial charge in [-0.05, 0) is 67.4 Å². The van der Waals surface area contributed by atoms with E-state index in [0.717, 1.165) is 76.3 Å². The quantitative estimate of drug-likeness (QED) is 0.261. The van der Waals surface area contributed by atoms with E-state index in [2.05, 4.69) is 49.5 Å². The number of nitrogens with one attached hydrogen (secondary N) is 1. The van der Waals surface area contributed by atoms with Crippen LogP contribution in [0.25, 0.3) is 33.1 Å². The van der Waals surface area contributed by atoms with E-state index in [1.54, 1.807) is 6.33 Å². The molecule has 1 aliphatic rings. The van der Waals surface area contributed by atoms with Crippen LogP contribution in [0.3, 0.4) is 0 Å². The zero-order chi connectivity index (χ0) is 27.8. The minimum Gasteiger partial charge on any atom is -0.460 e. The molecular weight excluding hydrogens is 514 g/mol. The first-order chi connectivity index (χ1) is 20.1. The number of hydrogen-bond acceptors (Lipinski definition) is 7. The number of furan rings is 1. The Hall–Kier alpha value is -5.02. The zero-order valence-electron chi connectivity index (χ0n) is 22.4. The molecule has 1 amide bonds. The van der Waals surface area contributed by atoms with Crippen molar-refractivity contribution in [1.29, 1.82) is 0 Å². The number of nitrogens with two attached hydrogens (primary N) is 1. The van der Waals surface area contributed by atoms with Gasteiger partial charge in [0.2, 0.25) is 5.91 Å². The normalized spacial score (nSPS) is 15.6. The third-order valence-electron chi connectivity index (χ3n) is 7.71. The standard InChI is InChI=1S/C32H29N7O2/c33-31(40)29-7-4-14-38(29)19-25-10-13-30(41-25)22-8-11-26-27(16-22)34-20-35-32(26)37-24-9-12-28-23(15-24)17-36-39(28)18-21-5-2-1-3-6-21/h1-3,5-6,8-13,15-17,20,29H,4,7,14,18-19H2,(H2,33,40)(H,34,35,37). The van der Waals surface area contributed by atoms with E-state index in [-0.39, 0.29) is 11.9 Å². The van der Waals surface area contributed by atoms with Crippen LogP contribution in [0.2, 0.25) is 0 Å². The number of amides is 1. The van der Waals surface area contributed by atoms with Crippen LogP contribution in [0.4, 0.5) is 11.5 Å². The molecule has 3 N–H and O–H groups in total. The first kappa shape index (κ1) is 25.0. The summed E-state index contributed by atoms with van der Waals surface area (Å²) in [5.74, 6) is 2.01. The molecule has 0 saturated carbocycles. The van der Waals surface area contributed by atoms with Gasteiger partial charge >= 0.3 is 0 Å². The Morgan fingerprint density at radius 2 is 1.90 bits per heavy atom. The van der Waals surface area contributed by atoms with Crippen LogP contribution < -0.4 is 11.1 Å². The number of likely N-dealkylation sites (tertiary alicyclic amines) is 1. The summed E-state index contributed by atoms with van der Waals surface area (Å²) < 4.78 is 8.17. The molecular formula is C32H29N7O2. The fraction of sp³-hybridized carbons (Fsp3) is 0.188. The number of aromatic nitrogens is 4. The molecule has 1 fully saturated rings. The molecule has 9 nitrogen and oxygen atoms in total. The maximum atomic E-state index is 11.7. The van der Waals surface area contributed by atoms with Crippen LogP contribution in [-0.4, -0.2) is 43.1 Å². The van der Waals surface area contributed by atoms with Crippen molar-refractivity contribution in [3.63, 3.8) is 0 Å². The lowest BCUT2D eigenvalue weighted by Gasteiger charge is -2.20. The van der Waals surface area contributed by atoms with Crippen molar-refractivity contribution in [2.75, 3.05) is 11.9 Å². The molecule has 0 radical (unpaired) electrons. The monoisotopic (exact) mass is 543 g/mol. The molecule has 0 spiro atoms. The second-order valence-corrected chi connectivity index (χ2v) is 10.4. The molecule has 1 unspecified atom stereocenters. The Morgan fingerprint density at radius 1 is 1.00 bits per heavy atom. The van der Waals surface area contributed by atoms with E-state index in [1.165, 1.54) is 5.56 Å². The van der Waals surface area contributed by atoms with Crippen LogP contribution in [0.1, 0.15) is 24.2 Å². The van der Waals surface area contributed by atoms with E-state index in [1.807, 2.05) is 65.5 Å². The first-order valence-corrected chi connectivity index (χ1v) is 13.7. The number of anilines is 2. The molecule has 1 saturated heterocycles. The van der Waals surface area contributed by atoms with Gasteiger partial charge in [0.25, 0.3) is 0 Å². The van der Waals surface area contributed by atoms with Crippen molar-refractivity contribution in [2.45, 2.75) is 32.0 Å². The van der Waals surface area contributed by atoms with E-state index in [0.29, 0.717) is 6.54 Å². The number of rotatable bonds is 8. The molecule has 41 heavy (non-hydrogen) atoms. The summed E-state index contributed by atoms with van der Waals surface area (Å²) in [6.07, 6.45) is 5.22. The topological polar surface area (TPSA) is 115 Å². The third kappa shape index (κ3) is 5.03. The predicted molar refractivity (Wildman–Crippen MR) is 158 cm³/mol. The number of fused-ring (bicyclic) bond motifs is 2. The molecule has 204 valence electrons. The Morgan fingerprint density at radius 3 is 2.78 bits per heavy atom. The number of benzene rings is 3. The van der Waals surface area contributed by atoms with E-state index < -0.39 is 0 Å². The summed E-state index contributed by atoms with van der Waals surface area (Å²) in [6.45, 7) is 2.13. The molecule has 0 bridgehead atoms. The molecule has 0 aliphatic carbocycles. The van der Waals surface area contributed by atoms with Gasteiger partial charge in [-0.15, -0.1) is 0 Å². The molecule has 3 aromatic carbocycles. The number of carbonyl (C=O) groups excluding carboxylic acids is 1. The van der Waals surface area contributed by atoms with Crippen molar-refractivity contribution in [3.8, 4) is 11.3 Å². The van der Waals surface area contributed by atoms with E-state index in [4.69, 9.17) is 10.2 Å². The van der Waals surface area contributed by atoms with Gasteiger partial charge in [0.15, 0.2) is 0 Å². The van der Waals surface area contributed by atoms with Gasteiger partial charge in [0.1, 0.15) is 23.7 Å². The van der Waals surface area contributed by atoms with Crippen LogP contribution in [0.5, 0.6) is 0 Å². The molecule has 1 aliphatic heterocycles. The fourth-order valence-corrected chi connectivity index (χ4v) is 5.65. The highest BCUT2D eigenvalue weighted by atomic mass is 16.3. The summed E-state index contributed by atoms with van der Waals surface area (Å²) in [4.78, 5) is 22.9. The Kier molecular flexibility index (Phi) is 6.41. The second kappa shape index (κ2) is 10.5. The minimum absolute atomic E-state index is 0.224. The summed E-state index contributed by atoms with van der Waals surface area (Å²) >= 11 is 0. The van der Waals surface area contributed by atoms with Gasteiger partial charge in [-0.25, -0.2) is 9.97 Å². The molecule has 4 heterocycles. The van der Waals surface area contributed by atoms with Crippen molar-refractivity contribution in [2.24, 2.45) is 5.73 Å².